The SMILES string of the molecule is CC1(C(=O)NC2CC2)CC(c2cccc(C(=O)N3CCC(Cc4ccccc4)CC3)c2)=NO1. The summed E-state index contributed by atoms with van der Waals surface area (Å²) in [6.45, 7) is 3.34. The van der Waals surface area contributed by atoms with Crippen LogP contribution in [0, 0.1) is 5.92 Å². The molecular weight excluding hydrogens is 414 g/mol. The van der Waals surface area contributed by atoms with Gasteiger partial charge in [-0.25, -0.2) is 0 Å². The number of hydrogen-bond acceptors (Lipinski definition) is 4. The zero-order chi connectivity index (χ0) is 22.8. The Labute approximate surface area is 195 Å². The molecule has 1 saturated heterocycles. The van der Waals surface area contributed by atoms with Crippen LogP contribution in [0.25, 0.3) is 0 Å². The van der Waals surface area contributed by atoms with Gasteiger partial charge in [0.25, 0.3) is 11.8 Å². The van der Waals surface area contributed by atoms with Crippen LogP contribution < -0.4 is 5.32 Å². The molecule has 1 saturated carbocycles. The molecule has 2 heterocycles. The summed E-state index contributed by atoms with van der Waals surface area (Å²) in [5.41, 5.74) is 2.58. The third kappa shape index (κ3) is 4.95. The van der Waals surface area contributed by atoms with Crippen molar-refractivity contribution in [2.75, 3.05) is 13.1 Å². The third-order valence-corrected chi connectivity index (χ3v) is 6.97. The number of likely N-dealkylation sites (tertiary alicyclic amines) is 1. The molecule has 2 fully saturated rings. The Kier molecular flexibility index (Phi) is 5.92. The van der Waals surface area contributed by atoms with Crippen molar-refractivity contribution in [3.63, 3.8) is 0 Å². The van der Waals surface area contributed by atoms with Gasteiger partial charge in [-0.3, -0.25) is 9.59 Å². The minimum atomic E-state index is -0.988. The lowest BCUT2D eigenvalue weighted by Crippen LogP contribution is -2.45. The van der Waals surface area contributed by atoms with Crippen molar-refractivity contribution in [1.29, 1.82) is 0 Å². The molecule has 6 heteroatoms. The van der Waals surface area contributed by atoms with E-state index in [1.807, 2.05) is 35.2 Å². The lowest BCUT2D eigenvalue weighted by molar-refractivity contribution is -0.141. The quantitative estimate of drug-likeness (QED) is 0.732. The number of carbonyl (C=O) groups is 2. The number of nitrogens with zero attached hydrogens (tertiary/aromatic N) is 2. The summed E-state index contributed by atoms with van der Waals surface area (Å²) in [5, 5.41) is 7.20. The smallest absolute Gasteiger partial charge is 0.267 e. The maximum atomic E-state index is 13.2. The van der Waals surface area contributed by atoms with Crippen LogP contribution in [0.1, 0.15) is 60.5 Å². The molecule has 1 unspecified atom stereocenters. The summed E-state index contributed by atoms with van der Waals surface area (Å²) in [6.07, 6.45) is 5.58. The van der Waals surface area contributed by atoms with Gasteiger partial charge in [0.2, 0.25) is 5.60 Å². The van der Waals surface area contributed by atoms with Gasteiger partial charge >= 0.3 is 0 Å². The van der Waals surface area contributed by atoms with Crippen molar-refractivity contribution in [3.05, 3.63) is 71.3 Å². The highest BCUT2D eigenvalue weighted by Gasteiger charge is 2.44. The number of oxime groups is 1. The zero-order valence-electron chi connectivity index (χ0n) is 19.1. The molecule has 2 aromatic rings. The predicted octanol–water partition coefficient (Wildman–Crippen LogP) is 3.94. The number of amides is 2. The monoisotopic (exact) mass is 445 g/mol. The first kappa shape index (κ1) is 21.7. The van der Waals surface area contributed by atoms with E-state index in [1.165, 1.54) is 5.56 Å². The molecule has 0 aromatic heterocycles. The van der Waals surface area contributed by atoms with Crippen molar-refractivity contribution in [3.8, 4) is 0 Å². The van der Waals surface area contributed by atoms with Gasteiger partial charge in [0.1, 0.15) is 0 Å². The van der Waals surface area contributed by atoms with Crippen LogP contribution in [-0.4, -0.2) is 47.2 Å². The van der Waals surface area contributed by atoms with Crippen LogP contribution >= 0.6 is 0 Å². The number of nitrogens with one attached hydrogen (secondary N) is 1. The Morgan fingerprint density at radius 2 is 1.82 bits per heavy atom. The van der Waals surface area contributed by atoms with Gasteiger partial charge < -0.3 is 15.1 Å². The highest BCUT2D eigenvalue weighted by Crippen LogP contribution is 2.29. The van der Waals surface area contributed by atoms with Crippen LogP contribution in [0.2, 0.25) is 0 Å². The molecule has 0 bridgehead atoms. The average Bonchev–Trinajstić information content (AvgIpc) is 3.57. The van der Waals surface area contributed by atoms with E-state index in [9.17, 15) is 9.59 Å². The Morgan fingerprint density at radius 3 is 2.55 bits per heavy atom. The fourth-order valence-corrected chi connectivity index (χ4v) is 4.68. The summed E-state index contributed by atoms with van der Waals surface area (Å²) >= 11 is 0. The van der Waals surface area contributed by atoms with Crippen molar-refractivity contribution in [2.45, 2.75) is 57.1 Å². The topological polar surface area (TPSA) is 71.0 Å². The van der Waals surface area contributed by atoms with Gasteiger partial charge in [-0.1, -0.05) is 47.6 Å². The third-order valence-electron chi connectivity index (χ3n) is 6.97. The van der Waals surface area contributed by atoms with Gasteiger partial charge in [-0.15, -0.1) is 0 Å². The van der Waals surface area contributed by atoms with Crippen molar-refractivity contribution in [2.24, 2.45) is 11.1 Å². The second-order valence-corrected chi connectivity index (χ2v) is 9.79. The summed E-state index contributed by atoms with van der Waals surface area (Å²) in [7, 11) is 0. The highest BCUT2D eigenvalue weighted by atomic mass is 16.7. The molecule has 1 aliphatic carbocycles. The van der Waals surface area contributed by atoms with Crippen LogP contribution in [0.4, 0.5) is 0 Å². The van der Waals surface area contributed by atoms with Gasteiger partial charge in [-0.2, -0.15) is 0 Å². The molecule has 172 valence electrons. The molecular formula is C27H31N3O3. The predicted molar refractivity (Wildman–Crippen MR) is 127 cm³/mol. The molecule has 6 nitrogen and oxygen atoms in total. The number of rotatable bonds is 6. The van der Waals surface area contributed by atoms with Crippen molar-refractivity contribution in [1.82, 2.24) is 10.2 Å². The van der Waals surface area contributed by atoms with Crippen LogP contribution in [0.5, 0.6) is 0 Å². The summed E-state index contributed by atoms with van der Waals surface area (Å²) in [6, 6.07) is 18.4. The lowest BCUT2D eigenvalue weighted by Gasteiger charge is -2.32. The molecule has 1 N–H and O–H groups in total. The van der Waals surface area contributed by atoms with E-state index in [0.29, 0.717) is 23.6 Å². The Morgan fingerprint density at radius 1 is 1.06 bits per heavy atom. The fourth-order valence-electron chi connectivity index (χ4n) is 4.68. The number of piperidine rings is 1. The van der Waals surface area contributed by atoms with Crippen LogP contribution in [-0.2, 0) is 16.1 Å². The van der Waals surface area contributed by atoms with E-state index in [2.05, 4.69) is 34.7 Å². The van der Waals surface area contributed by atoms with Gasteiger partial charge in [0, 0.05) is 36.7 Å². The first-order valence-corrected chi connectivity index (χ1v) is 12.0. The lowest BCUT2D eigenvalue weighted by atomic mass is 9.90. The molecule has 2 aliphatic heterocycles. The van der Waals surface area contributed by atoms with Gasteiger partial charge in [-0.05, 0) is 62.6 Å². The molecule has 2 aromatic carbocycles. The van der Waals surface area contributed by atoms with E-state index in [0.717, 1.165) is 50.8 Å². The largest absolute Gasteiger partial charge is 0.379 e. The van der Waals surface area contributed by atoms with Crippen LogP contribution in [0.3, 0.4) is 0 Å². The van der Waals surface area contributed by atoms with Crippen LogP contribution in [0.15, 0.2) is 59.8 Å². The number of hydrogen-bond donors (Lipinski definition) is 1. The van der Waals surface area contributed by atoms with E-state index in [-0.39, 0.29) is 17.9 Å². The fraction of sp³-hybridized carbons (Fsp3) is 0.444. The highest BCUT2D eigenvalue weighted by molar-refractivity contribution is 6.07. The molecule has 1 atom stereocenters. The maximum absolute atomic E-state index is 13.2. The van der Waals surface area contributed by atoms with E-state index in [1.54, 1.807) is 6.92 Å². The second kappa shape index (κ2) is 9.00. The second-order valence-electron chi connectivity index (χ2n) is 9.79. The molecule has 0 spiro atoms. The molecule has 3 aliphatic rings. The van der Waals surface area contributed by atoms with E-state index < -0.39 is 5.60 Å². The summed E-state index contributed by atoms with van der Waals surface area (Å²) < 4.78 is 0. The van der Waals surface area contributed by atoms with E-state index >= 15 is 0 Å². The number of benzene rings is 2. The Bertz CT molecular complexity index is 1060. The normalized spacial score (nSPS) is 23.1. The number of carbonyl (C=O) groups excluding carboxylic acids is 2. The van der Waals surface area contributed by atoms with Gasteiger partial charge in [0.05, 0.1) is 5.71 Å². The molecule has 5 rings (SSSR count). The minimum Gasteiger partial charge on any atom is -0.379 e. The minimum absolute atomic E-state index is 0.0590. The molecule has 2 amide bonds. The Balaban J connectivity index is 1.19. The average molecular weight is 446 g/mol. The summed E-state index contributed by atoms with van der Waals surface area (Å²) in [5.74, 6) is 0.561. The zero-order valence-corrected chi connectivity index (χ0v) is 19.1. The van der Waals surface area contributed by atoms with Gasteiger partial charge in [0.15, 0.2) is 0 Å². The van der Waals surface area contributed by atoms with E-state index in [4.69, 9.17) is 4.84 Å². The first-order valence-electron chi connectivity index (χ1n) is 12.0. The summed E-state index contributed by atoms with van der Waals surface area (Å²) in [4.78, 5) is 33.2. The molecule has 0 radical (unpaired) electrons. The van der Waals surface area contributed by atoms with Crippen molar-refractivity contribution >= 4 is 17.5 Å². The first-order chi connectivity index (χ1) is 16.0. The molecule has 33 heavy (non-hydrogen) atoms. The maximum Gasteiger partial charge on any atom is 0.267 e. The Hall–Kier alpha value is -3.15. The standard InChI is InChI=1S/C27H31N3O3/c1-27(26(32)28-23-10-11-23)18-24(29-33-27)21-8-5-9-22(17-21)25(31)30-14-12-20(13-15-30)16-19-6-3-2-4-7-19/h2-9,17,20,23H,10-16,18H2,1H3,(H,28,32). The van der Waals surface area contributed by atoms with Crippen molar-refractivity contribution < 1.29 is 14.4 Å².